The number of aliphatic hydroxyl groups excluding tert-OH is 1. The molecule has 25 heavy (non-hydrogen) atoms. The van der Waals surface area contributed by atoms with Gasteiger partial charge < -0.3 is 10.0 Å². The number of thioether (sulfide) groups is 1. The molecular formula is C20H24N2O2S. The standard InChI is InChI=1S/C20H24N2O2S/c23-14-11-18-5-2-4-13-22(18)20(24)17-9-7-16(8-10-17)15-25-19-6-1-3-12-21-19/h1,3,6-10,12,18,23H,2,4-5,11,13-15H2. The Hall–Kier alpha value is -1.85. The van der Waals surface area contributed by atoms with Crippen LogP contribution >= 0.6 is 11.8 Å². The summed E-state index contributed by atoms with van der Waals surface area (Å²) >= 11 is 1.69. The normalized spacial score (nSPS) is 17.5. The van der Waals surface area contributed by atoms with Gasteiger partial charge in [-0.25, -0.2) is 4.98 Å². The van der Waals surface area contributed by atoms with Crippen molar-refractivity contribution in [3.8, 4) is 0 Å². The number of benzene rings is 1. The summed E-state index contributed by atoms with van der Waals surface area (Å²) in [5, 5.41) is 10.2. The maximum Gasteiger partial charge on any atom is 0.254 e. The van der Waals surface area contributed by atoms with E-state index in [0.29, 0.717) is 6.42 Å². The van der Waals surface area contributed by atoms with Crippen molar-refractivity contribution in [1.29, 1.82) is 0 Å². The quantitative estimate of drug-likeness (QED) is 0.801. The minimum atomic E-state index is 0.0853. The highest BCUT2D eigenvalue weighted by atomic mass is 32.2. The number of aliphatic hydroxyl groups is 1. The Balaban J connectivity index is 1.61. The number of hydrogen-bond acceptors (Lipinski definition) is 4. The Bertz CT molecular complexity index is 674. The van der Waals surface area contributed by atoms with E-state index < -0.39 is 0 Å². The zero-order valence-electron chi connectivity index (χ0n) is 14.3. The Labute approximate surface area is 153 Å². The number of aromatic nitrogens is 1. The summed E-state index contributed by atoms with van der Waals surface area (Å²) in [6.07, 6.45) is 5.64. The Morgan fingerprint density at radius 3 is 2.76 bits per heavy atom. The fourth-order valence-corrected chi connectivity index (χ4v) is 4.03. The van der Waals surface area contributed by atoms with Crippen molar-refractivity contribution in [3.63, 3.8) is 0 Å². The number of rotatable bonds is 6. The summed E-state index contributed by atoms with van der Waals surface area (Å²) in [5.41, 5.74) is 1.91. The average molecular weight is 356 g/mol. The summed E-state index contributed by atoms with van der Waals surface area (Å²) < 4.78 is 0. The molecule has 5 heteroatoms. The predicted octanol–water partition coefficient (Wildman–Crippen LogP) is 3.75. The van der Waals surface area contributed by atoms with E-state index in [2.05, 4.69) is 4.98 Å². The third-order valence-electron chi connectivity index (χ3n) is 4.58. The maximum absolute atomic E-state index is 12.8. The van der Waals surface area contributed by atoms with Crippen LogP contribution < -0.4 is 0 Å². The number of nitrogens with zero attached hydrogens (tertiary/aromatic N) is 2. The molecule has 1 unspecified atom stereocenters. The van der Waals surface area contributed by atoms with Crippen LogP contribution in [-0.4, -0.2) is 40.1 Å². The lowest BCUT2D eigenvalue weighted by atomic mass is 9.98. The minimum Gasteiger partial charge on any atom is -0.396 e. The van der Waals surface area contributed by atoms with Crippen molar-refractivity contribution in [2.24, 2.45) is 0 Å². The number of amides is 1. The van der Waals surface area contributed by atoms with Gasteiger partial charge in [-0.3, -0.25) is 4.79 Å². The molecular weight excluding hydrogens is 332 g/mol. The first kappa shape index (κ1) is 18.0. The summed E-state index contributed by atoms with van der Waals surface area (Å²) in [5.74, 6) is 0.921. The van der Waals surface area contributed by atoms with Gasteiger partial charge in [0.25, 0.3) is 5.91 Å². The lowest BCUT2D eigenvalue weighted by Crippen LogP contribution is -2.44. The molecule has 1 aromatic carbocycles. The Kier molecular flexibility index (Phi) is 6.48. The SMILES string of the molecule is O=C(c1ccc(CSc2ccccn2)cc1)N1CCCCC1CCO. The summed E-state index contributed by atoms with van der Waals surface area (Å²) in [4.78, 5) is 19.1. The van der Waals surface area contributed by atoms with E-state index in [-0.39, 0.29) is 18.6 Å². The minimum absolute atomic E-state index is 0.0853. The molecule has 0 saturated carbocycles. The number of piperidine rings is 1. The fraction of sp³-hybridized carbons (Fsp3) is 0.400. The third kappa shape index (κ3) is 4.83. The molecule has 1 amide bonds. The topological polar surface area (TPSA) is 53.4 Å². The van der Waals surface area contributed by atoms with Crippen molar-refractivity contribution in [3.05, 3.63) is 59.8 Å². The molecule has 2 heterocycles. The van der Waals surface area contributed by atoms with Crippen LogP contribution in [0.2, 0.25) is 0 Å². The van der Waals surface area contributed by atoms with Gasteiger partial charge >= 0.3 is 0 Å². The number of carbonyl (C=O) groups excluding carboxylic acids is 1. The predicted molar refractivity (Wildman–Crippen MR) is 101 cm³/mol. The molecule has 1 saturated heterocycles. The Morgan fingerprint density at radius 2 is 2.04 bits per heavy atom. The van der Waals surface area contributed by atoms with Crippen LogP contribution in [0, 0.1) is 0 Å². The van der Waals surface area contributed by atoms with Crippen LogP contribution in [0.1, 0.15) is 41.6 Å². The summed E-state index contributed by atoms with van der Waals surface area (Å²) in [7, 11) is 0. The first-order valence-corrected chi connectivity index (χ1v) is 9.81. The molecule has 1 atom stereocenters. The molecule has 1 N–H and O–H groups in total. The molecule has 1 aliphatic heterocycles. The van der Waals surface area contributed by atoms with Gasteiger partial charge in [-0.2, -0.15) is 0 Å². The Morgan fingerprint density at radius 1 is 1.20 bits per heavy atom. The fourth-order valence-electron chi connectivity index (χ4n) is 3.22. The van der Waals surface area contributed by atoms with Crippen LogP contribution in [0.15, 0.2) is 53.7 Å². The number of likely N-dealkylation sites (tertiary alicyclic amines) is 1. The second kappa shape index (κ2) is 9.02. The molecule has 3 rings (SSSR count). The lowest BCUT2D eigenvalue weighted by molar-refractivity contribution is 0.0574. The van der Waals surface area contributed by atoms with E-state index in [9.17, 15) is 9.90 Å². The molecule has 2 aromatic rings. The van der Waals surface area contributed by atoms with Crippen molar-refractivity contribution in [2.45, 2.75) is 42.5 Å². The first-order chi connectivity index (χ1) is 12.3. The van der Waals surface area contributed by atoms with Crippen LogP contribution in [0.5, 0.6) is 0 Å². The highest BCUT2D eigenvalue weighted by molar-refractivity contribution is 7.98. The summed E-state index contributed by atoms with van der Waals surface area (Å²) in [6, 6.07) is 13.9. The van der Waals surface area contributed by atoms with Gasteiger partial charge in [0.05, 0.1) is 5.03 Å². The van der Waals surface area contributed by atoms with Crippen LogP contribution in [-0.2, 0) is 5.75 Å². The molecule has 0 spiro atoms. The zero-order valence-corrected chi connectivity index (χ0v) is 15.1. The van der Waals surface area contributed by atoms with Crippen molar-refractivity contribution in [1.82, 2.24) is 9.88 Å². The lowest BCUT2D eigenvalue weighted by Gasteiger charge is -2.35. The van der Waals surface area contributed by atoms with E-state index in [1.54, 1.807) is 18.0 Å². The highest BCUT2D eigenvalue weighted by Gasteiger charge is 2.26. The molecule has 0 aliphatic carbocycles. The van der Waals surface area contributed by atoms with E-state index in [0.717, 1.165) is 42.1 Å². The third-order valence-corrected chi connectivity index (χ3v) is 5.59. The molecule has 0 radical (unpaired) electrons. The summed E-state index contributed by atoms with van der Waals surface area (Å²) in [6.45, 7) is 0.929. The maximum atomic E-state index is 12.8. The number of hydrogen-bond donors (Lipinski definition) is 1. The van der Waals surface area contributed by atoms with Gasteiger partial charge in [-0.15, -0.1) is 11.8 Å². The second-order valence-electron chi connectivity index (χ2n) is 6.31. The largest absolute Gasteiger partial charge is 0.396 e. The van der Waals surface area contributed by atoms with Crippen LogP contribution in [0.3, 0.4) is 0 Å². The number of pyridine rings is 1. The molecule has 0 bridgehead atoms. The van der Waals surface area contributed by atoms with E-state index >= 15 is 0 Å². The molecule has 1 aromatic heterocycles. The monoisotopic (exact) mass is 356 g/mol. The molecule has 1 aliphatic rings. The molecule has 4 nitrogen and oxygen atoms in total. The molecule has 132 valence electrons. The van der Waals surface area contributed by atoms with Crippen molar-refractivity contribution in [2.75, 3.05) is 13.2 Å². The smallest absolute Gasteiger partial charge is 0.254 e. The zero-order chi connectivity index (χ0) is 17.5. The second-order valence-corrected chi connectivity index (χ2v) is 7.31. The van der Waals surface area contributed by atoms with E-state index in [1.807, 2.05) is 47.4 Å². The van der Waals surface area contributed by atoms with E-state index in [1.165, 1.54) is 5.56 Å². The van der Waals surface area contributed by atoms with Crippen molar-refractivity contribution < 1.29 is 9.90 Å². The van der Waals surface area contributed by atoms with Gasteiger partial charge in [0.15, 0.2) is 0 Å². The van der Waals surface area contributed by atoms with Gasteiger partial charge in [0, 0.05) is 36.7 Å². The van der Waals surface area contributed by atoms with Gasteiger partial charge in [0.1, 0.15) is 0 Å². The van der Waals surface area contributed by atoms with Gasteiger partial charge in [-0.05, 0) is 55.5 Å². The first-order valence-electron chi connectivity index (χ1n) is 8.82. The average Bonchev–Trinajstić information content (AvgIpc) is 2.68. The van der Waals surface area contributed by atoms with Gasteiger partial charge in [-0.1, -0.05) is 18.2 Å². The molecule has 1 fully saturated rings. The van der Waals surface area contributed by atoms with Crippen LogP contribution in [0.4, 0.5) is 0 Å². The van der Waals surface area contributed by atoms with Crippen molar-refractivity contribution >= 4 is 17.7 Å². The van der Waals surface area contributed by atoms with E-state index in [4.69, 9.17) is 0 Å². The highest BCUT2D eigenvalue weighted by Crippen LogP contribution is 2.23. The van der Waals surface area contributed by atoms with Crippen LogP contribution in [0.25, 0.3) is 0 Å². The number of carbonyl (C=O) groups is 1. The van der Waals surface area contributed by atoms with Gasteiger partial charge in [0.2, 0.25) is 0 Å².